The molecular formula is C12H25N3O. The van der Waals surface area contributed by atoms with Gasteiger partial charge in [-0.3, -0.25) is 9.69 Å². The van der Waals surface area contributed by atoms with E-state index in [0.29, 0.717) is 0 Å². The Morgan fingerprint density at radius 3 is 2.81 bits per heavy atom. The molecule has 0 aliphatic carbocycles. The van der Waals surface area contributed by atoms with Crippen LogP contribution in [0.1, 0.15) is 34.1 Å². The van der Waals surface area contributed by atoms with E-state index in [1.165, 1.54) is 0 Å². The minimum absolute atomic E-state index is 0.0383. The molecular weight excluding hydrogens is 202 g/mol. The van der Waals surface area contributed by atoms with Crippen molar-refractivity contribution < 1.29 is 4.79 Å². The van der Waals surface area contributed by atoms with Gasteiger partial charge in [0.1, 0.15) is 0 Å². The molecule has 1 atom stereocenters. The minimum atomic E-state index is -0.0383. The molecule has 4 heteroatoms. The van der Waals surface area contributed by atoms with Crippen LogP contribution in [0.4, 0.5) is 0 Å². The van der Waals surface area contributed by atoms with Crippen LogP contribution in [0.15, 0.2) is 0 Å². The molecule has 1 aliphatic rings. The molecule has 1 heterocycles. The molecule has 1 unspecified atom stereocenters. The van der Waals surface area contributed by atoms with Crippen molar-refractivity contribution in [3.63, 3.8) is 0 Å². The third kappa shape index (κ3) is 3.19. The molecule has 1 rings (SSSR count). The zero-order valence-corrected chi connectivity index (χ0v) is 11.0. The average molecular weight is 227 g/mol. The van der Waals surface area contributed by atoms with Crippen LogP contribution in [0.25, 0.3) is 0 Å². The van der Waals surface area contributed by atoms with Gasteiger partial charge < -0.3 is 10.6 Å². The number of hydrogen-bond donors (Lipinski definition) is 2. The van der Waals surface area contributed by atoms with Gasteiger partial charge in [-0.1, -0.05) is 6.92 Å². The summed E-state index contributed by atoms with van der Waals surface area (Å²) in [7, 11) is 0. The highest BCUT2D eigenvalue weighted by Gasteiger charge is 2.35. The van der Waals surface area contributed by atoms with Crippen molar-refractivity contribution in [3.05, 3.63) is 0 Å². The molecule has 0 bridgehead atoms. The molecule has 1 amide bonds. The molecule has 4 nitrogen and oxygen atoms in total. The first-order valence-corrected chi connectivity index (χ1v) is 6.24. The van der Waals surface area contributed by atoms with Gasteiger partial charge in [0.15, 0.2) is 0 Å². The monoisotopic (exact) mass is 227 g/mol. The Labute approximate surface area is 98.8 Å². The first kappa shape index (κ1) is 13.5. The molecule has 0 aromatic heterocycles. The molecule has 1 fully saturated rings. The summed E-state index contributed by atoms with van der Waals surface area (Å²) in [5, 5.41) is 6.33. The van der Waals surface area contributed by atoms with Crippen molar-refractivity contribution in [1.29, 1.82) is 0 Å². The summed E-state index contributed by atoms with van der Waals surface area (Å²) >= 11 is 0. The van der Waals surface area contributed by atoms with E-state index in [4.69, 9.17) is 0 Å². The maximum atomic E-state index is 11.9. The maximum absolute atomic E-state index is 11.9. The number of rotatable bonds is 4. The first-order valence-electron chi connectivity index (χ1n) is 6.24. The van der Waals surface area contributed by atoms with E-state index in [9.17, 15) is 4.79 Å². The number of carbonyl (C=O) groups is 1. The molecule has 0 saturated carbocycles. The van der Waals surface area contributed by atoms with Gasteiger partial charge in [0, 0.05) is 31.7 Å². The van der Waals surface area contributed by atoms with Crippen LogP contribution in [0, 0.1) is 0 Å². The fraction of sp³-hybridized carbons (Fsp3) is 0.917. The Bertz CT molecular complexity index is 240. The van der Waals surface area contributed by atoms with Crippen LogP contribution in [-0.4, -0.2) is 48.6 Å². The quantitative estimate of drug-likeness (QED) is 0.738. The van der Waals surface area contributed by atoms with Crippen molar-refractivity contribution >= 4 is 5.91 Å². The Hall–Kier alpha value is -0.610. The summed E-state index contributed by atoms with van der Waals surface area (Å²) in [6.07, 6.45) is 0.989. The number of nitrogens with one attached hydrogen (secondary N) is 2. The molecule has 0 aromatic carbocycles. The largest absolute Gasteiger partial charge is 0.355 e. The number of carbonyl (C=O) groups excluding carboxylic acids is 1. The number of amides is 1. The molecule has 2 N–H and O–H groups in total. The second kappa shape index (κ2) is 5.64. The van der Waals surface area contributed by atoms with Crippen molar-refractivity contribution in [2.75, 3.05) is 26.2 Å². The van der Waals surface area contributed by atoms with E-state index in [2.05, 4.69) is 36.3 Å². The molecule has 0 aromatic rings. The van der Waals surface area contributed by atoms with Crippen molar-refractivity contribution in [3.8, 4) is 0 Å². The SMILES string of the molecule is CCCNC(=O)C(C)N1CCNCC1(C)C. The summed E-state index contributed by atoms with van der Waals surface area (Å²) in [5.41, 5.74) is 0.0568. The van der Waals surface area contributed by atoms with Crippen molar-refractivity contribution in [2.24, 2.45) is 0 Å². The predicted octanol–water partition coefficient (Wildman–Crippen LogP) is 0.585. The lowest BCUT2D eigenvalue weighted by atomic mass is 9.97. The Morgan fingerprint density at radius 1 is 1.56 bits per heavy atom. The third-order valence-electron chi connectivity index (χ3n) is 3.26. The zero-order chi connectivity index (χ0) is 12.2. The topological polar surface area (TPSA) is 44.4 Å². The third-order valence-corrected chi connectivity index (χ3v) is 3.26. The normalized spacial score (nSPS) is 22.8. The number of piperazine rings is 1. The van der Waals surface area contributed by atoms with Crippen LogP contribution >= 0.6 is 0 Å². The van der Waals surface area contributed by atoms with Gasteiger partial charge in [0.05, 0.1) is 6.04 Å². The van der Waals surface area contributed by atoms with Crippen molar-refractivity contribution in [2.45, 2.75) is 45.7 Å². The lowest BCUT2D eigenvalue weighted by molar-refractivity contribution is -0.128. The highest BCUT2D eigenvalue weighted by molar-refractivity contribution is 5.81. The van der Waals surface area contributed by atoms with E-state index in [0.717, 1.165) is 32.6 Å². The number of nitrogens with zero attached hydrogens (tertiary/aromatic N) is 1. The second-order valence-corrected chi connectivity index (χ2v) is 5.15. The van der Waals surface area contributed by atoms with Crippen LogP contribution in [0.3, 0.4) is 0 Å². The summed E-state index contributed by atoms with van der Waals surface area (Å²) in [6, 6.07) is -0.0383. The molecule has 94 valence electrons. The van der Waals surface area contributed by atoms with E-state index in [1.807, 2.05) is 6.92 Å². The van der Waals surface area contributed by atoms with Crippen molar-refractivity contribution in [1.82, 2.24) is 15.5 Å². The lowest BCUT2D eigenvalue weighted by Gasteiger charge is -2.45. The maximum Gasteiger partial charge on any atom is 0.237 e. The second-order valence-electron chi connectivity index (χ2n) is 5.15. The van der Waals surface area contributed by atoms with Crippen LogP contribution in [0.2, 0.25) is 0 Å². The zero-order valence-electron chi connectivity index (χ0n) is 11.0. The highest BCUT2D eigenvalue weighted by Crippen LogP contribution is 2.19. The van der Waals surface area contributed by atoms with Crippen LogP contribution in [0.5, 0.6) is 0 Å². The molecule has 0 radical (unpaired) electrons. The van der Waals surface area contributed by atoms with Crippen LogP contribution < -0.4 is 10.6 Å². The Kier molecular flexibility index (Phi) is 4.74. The minimum Gasteiger partial charge on any atom is -0.355 e. The fourth-order valence-electron chi connectivity index (χ4n) is 2.25. The molecule has 16 heavy (non-hydrogen) atoms. The van der Waals surface area contributed by atoms with Gasteiger partial charge >= 0.3 is 0 Å². The highest BCUT2D eigenvalue weighted by atomic mass is 16.2. The molecule has 0 spiro atoms. The van der Waals surface area contributed by atoms with Gasteiger partial charge in [-0.05, 0) is 27.2 Å². The standard InChI is InChI=1S/C12H25N3O/c1-5-6-14-11(16)10(2)15-8-7-13-9-12(15,3)4/h10,13H,5-9H2,1-4H3,(H,14,16). The van der Waals surface area contributed by atoms with Gasteiger partial charge in [-0.25, -0.2) is 0 Å². The molecule has 1 saturated heterocycles. The number of hydrogen-bond acceptors (Lipinski definition) is 3. The summed E-state index contributed by atoms with van der Waals surface area (Å²) in [6.45, 7) is 12.1. The van der Waals surface area contributed by atoms with Gasteiger partial charge in [0.2, 0.25) is 5.91 Å². The summed E-state index contributed by atoms with van der Waals surface area (Å²) in [5.74, 6) is 0.150. The predicted molar refractivity (Wildman–Crippen MR) is 66.4 cm³/mol. The Balaban J connectivity index is 2.57. The van der Waals surface area contributed by atoms with E-state index < -0.39 is 0 Å². The average Bonchev–Trinajstić information content (AvgIpc) is 2.24. The van der Waals surface area contributed by atoms with E-state index in [-0.39, 0.29) is 17.5 Å². The first-order chi connectivity index (χ1) is 7.49. The van der Waals surface area contributed by atoms with Gasteiger partial charge in [-0.2, -0.15) is 0 Å². The fourth-order valence-corrected chi connectivity index (χ4v) is 2.25. The molecule has 1 aliphatic heterocycles. The van der Waals surface area contributed by atoms with E-state index >= 15 is 0 Å². The van der Waals surface area contributed by atoms with E-state index in [1.54, 1.807) is 0 Å². The van der Waals surface area contributed by atoms with Gasteiger partial charge in [0.25, 0.3) is 0 Å². The van der Waals surface area contributed by atoms with Crippen LogP contribution in [-0.2, 0) is 4.79 Å². The summed E-state index contributed by atoms with van der Waals surface area (Å²) < 4.78 is 0. The Morgan fingerprint density at radius 2 is 2.25 bits per heavy atom. The van der Waals surface area contributed by atoms with Gasteiger partial charge in [-0.15, -0.1) is 0 Å². The smallest absolute Gasteiger partial charge is 0.237 e. The lowest BCUT2D eigenvalue weighted by Crippen LogP contribution is -2.63. The summed E-state index contributed by atoms with van der Waals surface area (Å²) in [4.78, 5) is 14.2.